The van der Waals surface area contributed by atoms with E-state index in [1.54, 1.807) is 0 Å². The van der Waals surface area contributed by atoms with Crippen LogP contribution in [0.2, 0.25) is 0 Å². The Morgan fingerprint density at radius 3 is 2.73 bits per heavy atom. The Morgan fingerprint density at radius 2 is 2.14 bits per heavy atom. The van der Waals surface area contributed by atoms with Gasteiger partial charge in [-0.2, -0.15) is 23.4 Å². The van der Waals surface area contributed by atoms with Gasteiger partial charge in [0.25, 0.3) is 0 Å². The lowest BCUT2D eigenvalue weighted by Crippen LogP contribution is -2.47. The largest absolute Gasteiger partial charge is 0.391 e. The van der Waals surface area contributed by atoms with E-state index in [-0.39, 0.29) is 25.5 Å². The molecule has 0 N–H and O–H groups in total. The zero-order valence-corrected chi connectivity index (χ0v) is 12.1. The fraction of sp³-hybridized carbons (Fsp3) is 0.786. The van der Waals surface area contributed by atoms with Gasteiger partial charge in [0.05, 0.1) is 19.1 Å². The summed E-state index contributed by atoms with van der Waals surface area (Å²) in [5.41, 5.74) is -0.542. The van der Waals surface area contributed by atoms with Gasteiger partial charge < -0.3 is 9.64 Å². The fourth-order valence-corrected chi connectivity index (χ4v) is 2.46. The van der Waals surface area contributed by atoms with Crippen molar-refractivity contribution >= 4 is 5.91 Å². The number of ether oxygens (including phenoxy) is 1. The molecule has 0 aromatic rings. The number of carbonyl (C=O) groups is 1. The molecule has 2 aliphatic rings. The van der Waals surface area contributed by atoms with E-state index in [1.165, 1.54) is 4.90 Å². The van der Waals surface area contributed by atoms with Crippen LogP contribution in [0.1, 0.15) is 32.1 Å². The average molecular weight is 317 g/mol. The Balaban J connectivity index is 1.76. The second-order valence-corrected chi connectivity index (χ2v) is 5.54. The highest BCUT2D eigenvalue weighted by Gasteiger charge is 2.40. The molecule has 1 unspecified atom stereocenters. The number of morpholine rings is 1. The zero-order valence-electron chi connectivity index (χ0n) is 12.1. The van der Waals surface area contributed by atoms with Gasteiger partial charge in [0.2, 0.25) is 5.91 Å². The zero-order chi connectivity index (χ0) is 16.2. The molecule has 122 valence electrons. The van der Waals surface area contributed by atoms with Crippen LogP contribution in [0.4, 0.5) is 13.2 Å². The summed E-state index contributed by atoms with van der Waals surface area (Å²) in [5.74, 6) is 2.32. The summed E-state index contributed by atoms with van der Waals surface area (Å²) in [6.45, 7) is 0.423. The second kappa shape index (κ2) is 6.65. The van der Waals surface area contributed by atoms with Crippen molar-refractivity contribution in [2.75, 3.05) is 19.7 Å². The van der Waals surface area contributed by atoms with Crippen LogP contribution in [0.5, 0.6) is 0 Å². The molecule has 0 aromatic heterocycles. The molecular formula is C14H18F3N3O2. The summed E-state index contributed by atoms with van der Waals surface area (Å²) in [6.07, 6.45) is 0.680. The van der Waals surface area contributed by atoms with Gasteiger partial charge in [0.1, 0.15) is 0 Å². The number of carbonyl (C=O) groups excluding carboxylic acids is 1. The van der Waals surface area contributed by atoms with E-state index in [4.69, 9.17) is 11.2 Å². The van der Waals surface area contributed by atoms with E-state index in [0.29, 0.717) is 25.8 Å². The first-order valence-corrected chi connectivity index (χ1v) is 7.17. The Labute approximate surface area is 126 Å². The molecule has 1 atom stereocenters. The summed E-state index contributed by atoms with van der Waals surface area (Å²) in [4.78, 5) is 13.6. The van der Waals surface area contributed by atoms with Crippen LogP contribution in [0, 0.1) is 12.3 Å². The minimum Gasteiger partial charge on any atom is -0.374 e. The molecule has 22 heavy (non-hydrogen) atoms. The van der Waals surface area contributed by atoms with Crippen LogP contribution in [-0.2, 0) is 9.53 Å². The SMILES string of the molecule is C#CCCC1(CCC(=O)N2CCOC(CC(F)(F)F)C2)N=N1. The number of hydrogen-bond donors (Lipinski definition) is 0. The molecule has 2 aliphatic heterocycles. The normalized spacial score (nSPS) is 23.2. The number of amides is 1. The summed E-state index contributed by atoms with van der Waals surface area (Å²) in [5, 5.41) is 7.87. The quantitative estimate of drug-likeness (QED) is 0.707. The molecule has 0 spiro atoms. The summed E-state index contributed by atoms with van der Waals surface area (Å²) in [7, 11) is 0. The third-order valence-corrected chi connectivity index (χ3v) is 3.74. The van der Waals surface area contributed by atoms with Crippen molar-refractivity contribution in [1.82, 2.24) is 4.90 Å². The standard InChI is InChI=1S/C14H18F3N3O2/c1-2-3-5-13(18-19-13)6-4-12(21)20-7-8-22-11(10-20)9-14(15,16)17/h1,11H,3-10H2. The average Bonchev–Trinajstić information content (AvgIpc) is 3.22. The molecular weight excluding hydrogens is 299 g/mol. The minimum atomic E-state index is -4.29. The van der Waals surface area contributed by atoms with Crippen LogP contribution in [-0.4, -0.2) is 48.4 Å². The van der Waals surface area contributed by atoms with Gasteiger partial charge in [-0.3, -0.25) is 4.79 Å². The topological polar surface area (TPSA) is 54.3 Å². The van der Waals surface area contributed by atoms with Crippen LogP contribution in [0.15, 0.2) is 10.2 Å². The van der Waals surface area contributed by atoms with Crippen LogP contribution in [0.25, 0.3) is 0 Å². The number of terminal acetylenes is 1. The van der Waals surface area contributed by atoms with Gasteiger partial charge >= 0.3 is 6.18 Å². The predicted octanol–water partition coefficient (Wildman–Crippen LogP) is 2.52. The molecule has 0 aromatic carbocycles. The Kier molecular flexibility index (Phi) is 5.06. The van der Waals surface area contributed by atoms with E-state index in [2.05, 4.69) is 16.1 Å². The molecule has 0 radical (unpaired) electrons. The summed E-state index contributed by atoms with van der Waals surface area (Å²) >= 11 is 0. The lowest BCUT2D eigenvalue weighted by atomic mass is 10.0. The van der Waals surface area contributed by atoms with Gasteiger partial charge in [-0.1, -0.05) is 0 Å². The van der Waals surface area contributed by atoms with Crippen molar-refractivity contribution in [3.05, 3.63) is 0 Å². The highest BCUT2D eigenvalue weighted by molar-refractivity contribution is 5.76. The first-order valence-electron chi connectivity index (χ1n) is 7.17. The van der Waals surface area contributed by atoms with Crippen LogP contribution < -0.4 is 0 Å². The monoisotopic (exact) mass is 317 g/mol. The highest BCUT2D eigenvalue weighted by Crippen LogP contribution is 2.37. The van der Waals surface area contributed by atoms with Gasteiger partial charge in [-0.25, -0.2) is 0 Å². The number of nitrogens with zero attached hydrogens (tertiary/aromatic N) is 3. The molecule has 5 nitrogen and oxygen atoms in total. The molecule has 8 heteroatoms. The molecule has 1 amide bonds. The molecule has 0 aliphatic carbocycles. The molecule has 2 heterocycles. The fourth-order valence-electron chi connectivity index (χ4n) is 2.46. The van der Waals surface area contributed by atoms with E-state index in [9.17, 15) is 18.0 Å². The van der Waals surface area contributed by atoms with Crippen LogP contribution >= 0.6 is 0 Å². The third-order valence-electron chi connectivity index (χ3n) is 3.74. The Morgan fingerprint density at radius 1 is 1.41 bits per heavy atom. The van der Waals surface area contributed by atoms with Gasteiger partial charge in [-0.15, -0.1) is 12.3 Å². The summed E-state index contributed by atoms with van der Waals surface area (Å²) < 4.78 is 42.2. The third kappa shape index (κ3) is 4.98. The lowest BCUT2D eigenvalue weighted by molar-refractivity contribution is -0.174. The number of alkyl halides is 3. The molecule has 0 saturated carbocycles. The Hall–Kier alpha value is -1.62. The maximum Gasteiger partial charge on any atom is 0.391 e. The molecule has 1 fully saturated rings. The van der Waals surface area contributed by atoms with Crippen molar-refractivity contribution < 1.29 is 22.7 Å². The van der Waals surface area contributed by atoms with Crippen LogP contribution in [0.3, 0.4) is 0 Å². The van der Waals surface area contributed by atoms with Gasteiger partial charge in [0, 0.05) is 38.8 Å². The highest BCUT2D eigenvalue weighted by atomic mass is 19.4. The van der Waals surface area contributed by atoms with Crippen molar-refractivity contribution in [3.63, 3.8) is 0 Å². The Bertz CT molecular complexity index is 479. The van der Waals surface area contributed by atoms with Crippen molar-refractivity contribution in [3.8, 4) is 12.3 Å². The maximum absolute atomic E-state index is 12.4. The molecule has 2 rings (SSSR count). The predicted molar refractivity (Wildman–Crippen MR) is 71.9 cm³/mol. The van der Waals surface area contributed by atoms with Crippen molar-refractivity contribution in [2.24, 2.45) is 10.2 Å². The number of rotatable bonds is 6. The first kappa shape index (κ1) is 16.7. The minimum absolute atomic E-state index is 0.0238. The second-order valence-electron chi connectivity index (χ2n) is 5.54. The summed E-state index contributed by atoms with van der Waals surface area (Å²) in [6, 6.07) is 0. The smallest absolute Gasteiger partial charge is 0.374 e. The first-order chi connectivity index (χ1) is 10.3. The van der Waals surface area contributed by atoms with Crippen molar-refractivity contribution in [2.45, 2.75) is 50.0 Å². The molecule has 1 saturated heterocycles. The lowest BCUT2D eigenvalue weighted by Gasteiger charge is -2.33. The van der Waals surface area contributed by atoms with Gasteiger partial charge in [-0.05, 0) is 0 Å². The number of halogens is 3. The van der Waals surface area contributed by atoms with Crippen molar-refractivity contribution in [1.29, 1.82) is 0 Å². The van der Waals surface area contributed by atoms with E-state index in [1.807, 2.05) is 0 Å². The van der Waals surface area contributed by atoms with Gasteiger partial charge in [0.15, 0.2) is 5.66 Å². The maximum atomic E-state index is 12.4. The number of hydrogen-bond acceptors (Lipinski definition) is 4. The van der Waals surface area contributed by atoms with E-state index in [0.717, 1.165) is 0 Å². The van der Waals surface area contributed by atoms with E-state index >= 15 is 0 Å². The van der Waals surface area contributed by atoms with E-state index < -0.39 is 24.4 Å². The molecule has 0 bridgehead atoms.